The molecule has 0 spiro atoms. The van der Waals surface area contributed by atoms with Gasteiger partial charge in [-0.25, -0.2) is 4.98 Å². The van der Waals surface area contributed by atoms with E-state index >= 15 is 0 Å². The lowest BCUT2D eigenvalue weighted by Crippen LogP contribution is -2.06. The second-order valence-corrected chi connectivity index (χ2v) is 3.02. The van der Waals surface area contributed by atoms with Crippen LogP contribution in [0.15, 0.2) is 5.38 Å². The van der Waals surface area contributed by atoms with Crippen molar-refractivity contribution in [2.45, 2.75) is 13.3 Å². The van der Waals surface area contributed by atoms with E-state index in [2.05, 4.69) is 4.98 Å². The predicted octanol–water partition coefficient (Wildman–Crippen LogP) is 0.954. The second kappa shape index (κ2) is 4.06. The Bertz CT molecular complexity index is 271. The summed E-state index contributed by atoms with van der Waals surface area (Å²) in [6.45, 7) is 2.12. The average Bonchev–Trinajstić information content (AvgIpc) is 2.36. The van der Waals surface area contributed by atoms with Crippen molar-refractivity contribution in [3.05, 3.63) is 10.4 Å². The number of aromatic hydroxyl groups is 1. The number of rotatable bonds is 3. The van der Waals surface area contributed by atoms with Gasteiger partial charge in [0.25, 0.3) is 0 Å². The van der Waals surface area contributed by atoms with Crippen LogP contribution in [0.5, 0.6) is 5.88 Å². The number of thiazole rings is 1. The zero-order chi connectivity index (χ0) is 8.97. The van der Waals surface area contributed by atoms with Crippen molar-refractivity contribution in [2.75, 3.05) is 6.61 Å². The third-order valence-electron chi connectivity index (χ3n) is 1.14. The lowest BCUT2D eigenvalue weighted by Gasteiger charge is -1.97. The van der Waals surface area contributed by atoms with Crippen molar-refractivity contribution in [1.82, 2.24) is 4.98 Å². The molecule has 1 rings (SSSR count). The number of ether oxygens (including phenoxy) is 1. The summed E-state index contributed by atoms with van der Waals surface area (Å²) in [6, 6.07) is 0. The van der Waals surface area contributed by atoms with Crippen LogP contribution in [-0.2, 0) is 16.0 Å². The number of carbonyl (C=O) groups excluding carboxylic acids is 1. The van der Waals surface area contributed by atoms with Gasteiger partial charge in [-0.2, -0.15) is 0 Å². The summed E-state index contributed by atoms with van der Waals surface area (Å²) in [4.78, 5) is 14.6. The molecule has 1 aromatic heterocycles. The van der Waals surface area contributed by atoms with Gasteiger partial charge in [-0.1, -0.05) is 0 Å². The summed E-state index contributed by atoms with van der Waals surface area (Å²) >= 11 is 1.24. The van der Waals surface area contributed by atoms with Crippen molar-refractivity contribution >= 4 is 17.3 Å². The summed E-state index contributed by atoms with van der Waals surface area (Å²) in [5.41, 5.74) is 0. The first-order chi connectivity index (χ1) is 5.72. The number of carbonyl (C=O) groups is 1. The molecule has 0 aliphatic carbocycles. The van der Waals surface area contributed by atoms with Crippen molar-refractivity contribution in [3.63, 3.8) is 0 Å². The van der Waals surface area contributed by atoms with Gasteiger partial charge in [0.05, 0.1) is 18.4 Å². The van der Waals surface area contributed by atoms with Crippen LogP contribution in [0.3, 0.4) is 0 Å². The molecule has 0 saturated carbocycles. The molecular formula is C7H9NO3S. The zero-order valence-corrected chi connectivity index (χ0v) is 7.43. The van der Waals surface area contributed by atoms with E-state index in [9.17, 15) is 4.79 Å². The Balaban J connectivity index is 2.46. The molecular weight excluding hydrogens is 178 g/mol. The van der Waals surface area contributed by atoms with E-state index in [0.29, 0.717) is 11.6 Å². The summed E-state index contributed by atoms with van der Waals surface area (Å²) in [5.74, 6) is -0.355. The van der Waals surface area contributed by atoms with Gasteiger partial charge in [-0.3, -0.25) is 4.79 Å². The predicted molar refractivity (Wildman–Crippen MR) is 44.1 cm³/mol. The molecule has 0 atom stereocenters. The minimum absolute atomic E-state index is 0.0423. The van der Waals surface area contributed by atoms with Gasteiger partial charge < -0.3 is 9.84 Å². The summed E-state index contributed by atoms with van der Waals surface area (Å²) in [7, 11) is 0. The first kappa shape index (κ1) is 8.99. The Morgan fingerprint density at radius 3 is 3.08 bits per heavy atom. The zero-order valence-electron chi connectivity index (χ0n) is 6.61. The summed E-state index contributed by atoms with van der Waals surface area (Å²) < 4.78 is 4.70. The fourth-order valence-electron chi connectivity index (χ4n) is 0.718. The minimum Gasteiger partial charge on any atom is -0.493 e. The van der Waals surface area contributed by atoms with Gasteiger partial charge in [-0.05, 0) is 6.92 Å². The third-order valence-corrected chi connectivity index (χ3v) is 1.98. The van der Waals surface area contributed by atoms with E-state index in [1.807, 2.05) is 0 Å². The Morgan fingerprint density at radius 2 is 2.58 bits per heavy atom. The standard InChI is InChI=1S/C7H9NO3S/c1-2-11-7(10)3-6-8-5(9)4-12-6/h4,9H,2-3H2,1H3. The molecule has 0 unspecified atom stereocenters. The van der Waals surface area contributed by atoms with Crippen LogP contribution in [-0.4, -0.2) is 22.7 Å². The smallest absolute Gasteiger partial charge is 0.312 e. The topological polar surface area (TPSA) is 59.4 Å². The quantitative estimate of drug-likeness (QED) is 0.716. The molecule has 0 aromatic carbocycles. The average molecular weight is 187 g/mol. The largest absolute Gasteiger partial charge is 0.493 e. The highest BCUT2D eigenvalue weighted by Gasteiger charge is 2.07. The highest BCUT2D eigenvalue weighted by molar-refractivity contribution is 7.09. The fraction of sp³-hybridized carbons (Fsp3) is 0.429. The van der Waals surface area contributed by atoms with Crippen LogP contribution in [0.4, 0.5) is 0 Å². The van der Waals surface area contributed by atoms with Gasteiger partial charge >= 0.3 is 5.97 Å². The molecule has 1 aromatic rings. The minimum atomic E-state index is -0.313. The Labute approximate surface area is 73.8 Å². The maximum Gasteiger partial charge on any atom is 0.312 e. The lowest BCUT2D eigenvalue weighted by molar-refractivity contribution is -0.142. The molecule has 66 valence electrons. The lowest BCUT2D eigenvalue weighted by atomic mass is 10.4. The molecule has 0 amide bonds. The molecule has 0 aliphatic heterocycles. The summed E-state index contributed by atoms with van der Waals surface area (Å²) in [6.07, 6.45) is 0.138. The maximum atomic E-state index is 10.9. The monoisotopic (exact) mass is 187 g/mol. The Kier molecular flexibility index (Phi) is 3.04. The summed E-state index contributed by atoms with van der Waals surface area (Å²) in [5, 5.41) is 10.9. The van der Waals surface area contributed by atoms with E-state index in [4.69, 9.17) is 9.84 Å². The first-order valence-corrected chi connectivity index (χ1v) is 4.39. The van der Waals surface area contributed by atoms with E-state index < -0.39 is 0 Å². The molecule has 0 bridgehead atoms. The fourth-order valence-corrected chi connectivity index (χ4v) is 1.36. The maximum absolute atomic E-state index is 10.9. The van der Waals surface area contributed by atoms with Gasteiger partial charge in [-0.15, -0.1) is 11.3 Å². The van der Waals surface area contributed by atoms with Gasteiger partial charge in [0.15, 0.2) is 0 Å². The van der Waals surface area contributed by atoms with Gasteiger partial charge in [0.2, 0.25) is 5.88 Å². The molecule has 1 N–H and O–H groups in total. The van der Waals surface area contributed by atoms with Crippen molar-refractivity contribution in [2.24, 2.45) is 0 Å². The van der Waals surface area contributed by atoms with Crippen molar-refractivity contribution in [3.8, 4) is 5.88 Å². The molecule has 0 fully saturated rings. The number of nitrogens with zero attached hydrogens (tertiary/aromatic N) is 1. The number of esters is 1. The van der Waals surface area contributed by atoms with E-state index in [0.717, 1.165) is 0 Å². The third kappa shape index (κ3) is 2.50. The Morgan fingerprint density at radius 1 is 1.83 bits per heavy atom. The number of hydrogen-bond acceptors (Lipinski definition) is 5. The van der Waals surface area contributed by atoms with Crippen LogP contribution >= 0.6 is 11.3 Å². The van der Waals surface area contributed by atoms with Crippen LogP contribution < -0.4 is 0 Å². The van der Waals surface area contributed by atoms with E-state index in [-0.39, 0.29) is 18.3 Å². The molecule has 1 heterocycles. The molecule has 5 heteroatoms. The van der Waals surface area contributed by atoms with E-state index in [1.165, 1.54) is 16.7 Å². The molecule has 0 aliphatic rings. The number of hydrogen-bond donors (Lipinski definition) is 1. The molecule has 0 radical (unpaired) electrons. The first-order valence-electron chi connectivity index (χ1n) is 3.51. The van der Waals surface area contributed by atoms with E-state index in [1.54, 1.807) is 6.92 Å². The van der Waals surface area contributed by atoms with Crippen molar-refractivity contribution < 1.29 is 14.6 Å². The molecule has 0 saturated heterocycles. The van der Waals surface area contributed by atoms with Crippen LogP contribution in [0.1, 0.15) is 11.9 Å². The van der Waals surface area contributed by atoms with Gasteiger partial charge in [0.1, 0.15) is 5.01 Å². The Hall–Kier alpha value is -1.10. The molecule has 4 nitrogen and oxygen atoms in total. The number of aromatic nitrogens is 1. The normalized spacial score (nSPS) is 9.75. The molecule has 12 heavy (non-hydrogen) atoms. The second-order valence-electron chi connectivity index (χ2n) is 2.08. The SMILES string of the molecule is CCOC(=O)Cc1nc(O)cs1. The highest BCUT2D eigenvalue weighted by Crippen LogP contribution is 2.14. The van der Waals surface area contributed by atoms with Gasteiger partial charge in [0, 0.05) is 0 Å². The van der Waals surface area contributed by atoms with Crippen LogP contribution in [0.2, 0.25) is 0 Å². The van der Waals surface area contributed by atoms with Crippen LogP contribution in [0.25, 0.3) is 0 Å². The van der Waals surface area contributed by atoms with Crippen LogP contribution in [0, 0.1) is 0 Å². The highest BCUT2D eigenvalue weighted by atomic mass is 32.1. The van der Waals surface area contributed by atoms with Crippen molar-refractivity contribution in [1.29, 1.82) is 0 Å².